The van der Waals surface area contributed by atoms with Crippen molar-refractivity contribution in [2.45, 2.75) is 24.1 Å². The molecule has 0 aromatic carbocycles. The van der Waals surface area contributed by atoms with Gasteiger partial charge in [0.25, 0.3) is 10.0 Å². The van der Waals surface area contributed by atoms with Gasteiger partial charge in [-0.3, -0.25) is 5.10 Å². The zero-order valence-electron chi connectivity index (χ0n) is 11.9. The number of hydrogen-bond donors (Lipinski definition) is 1. The van der Waals surface area contributed by atoms with E-state index in [2.05, 4.69) is 10.2 Å². The van der Waals surface area contributed by atoms with Crippen molar-refractivity contribution >= 4 is 27.3 Å². The monoisotopic (exact) mass is 341 g/mol. The van der Waals surface area contributed by atoms with Gasteiger partial charge in [-0.2, -0.15) is 9.40 Å². The van der Waals surface area contributed by atoms with Gasteiger partial charge >= 0.3 is 5.97 Å². The molecule has 118 valence electrons. The third kappa shape index (κ3) is 2.55. The summed E-state index contributed by atoms with van der Waals surface area (Å²) in [5.74, 6) is -0.532. The molecule has 0 unspecified atom stereocenters. The number of esters is 1. The second-order valence-corrected chi connectivity index (χ2v) is 7.88. The van der Waals surface area contributed by atoms with Crippen LogP contribution < -0.4 is 0 Å². The second kappa shape index (κ2) is 5.82. The van der Waals surface area contributed by atoms with Crippen molar-refractivity contribution in [1.29, 1.82) is 0 Å². The molecular formula is C13H15N3O4S2. The van der Waals surface area contributed by atoms with Gasteiger partial charge in [0.05, 0.1) is 6.61 Å². The van der Waals surface area contributed by atoms with E-state index in [4.69, 9.17) is 4.74 Å². The van der Waals surface area contributed by atoms with E-state index < -0.39 is 16.0 Å². The maximum absolute atomic E-state index is 12.6. The Morgan fingerprint density at radius 2 is 2.36 bits per heavy atom. The van der Waals surface area contributed by atoms with Crippen LogP contribution in [0.25, 0.3) is 0 Å². The maximum atomic E-state index is 12.6. The average molecular weight is 341 g/mol. The van der Waals surface area contributed by atoms with Gasteiger partial charge in [-0.15, -0.1) is 11.3 Å². The Morgan fingerprint density at radius 3 is 3.05 bits per heavy atom. The summed E-state index contributed by atoms with van der Waals surface area (Å²) in [6.07, 6.45) is 0.492. The highest BCUT2D eigenvalue weighted by molar-refractivity contribution is 7.91. The summed E-state index contributed by atoms with van der Waals surface area (Å²) in [7, 11) is -3.54. The van der Waals surface area contributed by atoms with Crippen molar-refractivity contribution in [2.24, 2.45) is 0 Å². The fourth-order valence-corrected chi connectivity index (χ4v) is 4.93. The molecule has 7 nitrogen and oxygen atoms in total. The molecule has 2 aromatic rings. The number of sulfonamides is 1. The summed E-state index contributed by atoms with van der Waals surface area (Å²) in [4.78, 5) is 11.9. The minimum Gasteiger partial charge on any atom is -0.461 e. The summed E-state index contributed by atoms with van der Waals surface area (Å²) in [6, 6.07) is 3.28. The number of nitrogens with one attached hydrogen (secondary N) is 1. The number of carbonyl (C=O) groups excluding carboxylic acids is 1. The molecule has 1 N–H and O–H groups in total. The third-order valence-electron chi connectivity index (χ3n) is 3.46. The van der Waals surface area contributed by atoms with Crippen molar-refractivity contribution in [1.82, 2.24) is 14.5 Å². The molecule has 0 atom stereocenters. The van der Waals surface area contributed by atoms with Crippen LogP contribution in [0.2, 0.25) is 0 Å². The highest BCUT2D eigenvalue weighted by atomic mass is 32.2. The Balaban J connectivity index is 1.90. The molecule has 3 rings (SSSR count). The van der Waals surface area contributed by atoms with Crippen LogP contribution in [0.3, 0.4) is 0 Å². The molecule has 0 spiro atoms. The SMILES string of the molecule is CCOC(=O)c1n[nH]c2c1CN(S(=O)(=O)c1cccs1)CC2. The summed E-state index contributed by atoms with van der Waals surface area (Å²) >= 11 is 1.18. The predicted octanol–water partition coefficient (Wildman–Crippen LogP) is 1.39. The van der Waals surface area contributed by atoms with Crippen LogP contribution in [0.5, 0.6) is 0 Å². The summed E-state index contributed by atoms with van der Waals surface area (Å²) in [5, 5.41) is 8.51. The third-order valence-corrected chi connectivity index (χ3v) is 6.67. The summed E-state index contributed by atoms with van der Waals surface area (Å²) in [5.41, 5.74) is 1.56. The Hall–Kier alpha value is -1.71. The molecule has 9 heteroatoms. The molecule has 0 amide bonds. The Bertz CT molecular complexity index is 780. The van der Waals surface area contributed by atoms with Crippen LogP contribution >= 0.6 is 11.3 Å². The first-order valence-electron chi connectivity index (χ1n) is 6.81. The van der Waals surface area contributed by atoms with Gasteiger partial charge < -0.3 is 4.74 Å². The fraction of sp³-hybridized carbons (Fsp3) is 0.385. The minimum absolute atomic E-state index is 0.125. The molecule has 0 saturated carbocycles. The van der Waals surface area contributed by atoms with E-state index in [9.17, 15) is 13.2 Å². The number of ether oxygens (including phenoxy) is 1. The van der Waals surface area contributed by atoms with E-state index in [-0.39, 0.29) is 18.8 Å². The van der Waals surface area contributed by atoms with Crippen molar-refractivity contribution in [3.05, 3.63) is 34.5 Å². The zero-order chi connectivity index (χ0) is 15.7. The van der Waals surface area contributed by atoms with Crippen molar-refractivity contribution in [2.75, 3.05) is 13.2 Å². The van der Waals surface area contributed by atoms with Crippen LogP contribution in [-0.2, 0) is 27.7 Å². The maximum Gasteiger partial charge on any atom is 0.359 e. The van der Waals surface area contributed by atoms with E-state index in [0.29, 0.717) is 22.7 Å². The normalized spacial score (nSPS) is 15.5. The van der Waals surface area contributed by atoms with Crippen LogP contribution in [0, 0.1) is 0 Å². The molecule has 3 heterocycles. The molecule has 1 aliphatic heterocycles. The molecule has 0 radical (unpaired) electrons. The fourth-order valence-electron chi connectivity index (χ4n) is 2.38. The average Bonchev–Trinajstić information content (AvgIpc) is 3.16. The standard InChI is InChI=1S/C13H15N3O4S2/c1-2-20-13(17)12-9-8-16(6-5-10(9)14-15-12)22(18,19)11-4-3-7-21-11/h3-4,7H,2,5-6,8H2,1H3,(H,14,15). The van der Waals surface area contributed by atoms with Gasteiger partial charge in [0, 0.05) is 30.8 Å². The minimum atomic E-state index is -3.54. The zero-order valence-corrected chi connectivity index (χ0v) is 13.5. The number of H-pyrrole nitrogens is 1. The highest BCUT2D eigenvalue weighted by Crippen LogP contribution is 2.28. The largest absolute Gasteiger partial charge is 0.461 e. The number of thiophene rings is 1. The van der Waals surface area contributed by atoms with Crippen molar-refractivity contribution in [3.63, 3.8) is 0 Å². The lowest BCUT2D eigenvalue weighted by molar-refractivity contribution is 0.0517. The van der Waals surface area contributed by atoms with Crippen molar-refractivity contribution in [3.8, 4) is 0 Å². The second-order valence-electron chi connectivity index (χ2n) is 4.77. The summed E-state index contributed by atoms with van der Waals surface area (Å²) in [6.45, 7) is 2.44. The molecule has 22 heavy (non-hydrogen) atoms. The van der Waals surface area contributed by atoms with Gasteiger partial charge in [-0.05, 0) is 18.4 Å². The first-order chi connectivity index (χ1) is 10.5. The molecular weight excluding hydrogens is 326 g/mol. The number of carbonyl (C=O) groups is 1. The number of nitrogens with zero attached hydrogens (tertiary/aromatic N) is 2. The van der Waals surface area contributed by atoms with E-state index >= 15 is 0 Å². The number of rotatable bonds is 4. The molecule has 0 bridgehead atoms. The van der Waals surface area contributed by atoms with Gasteiger partial charge in [0.15, 0.2) is 5.69 Å². The Kier molecular flexibility index (Phi) is 4.02. The van der Waals surface area contributed by atoms with E-state index in [1.165, 1.54) is 15.6 Å². The van der Waals surface area contributed by atoms with Crippen LogP contribution in [0.15, 0.2) is 21.7 Å². The van der Waals surface area contributed by atoms with Gasteiger partial charge in [0.2, 0.25) is 0 Å². The lowest BCUT2D eigenvalue weighted by atomic mass is 10.1. The number of aromatic amines is 1. The van der Waals surface area contributed by atoms with Crippen LogP contribution in [0.1, 0.15) is 28.7 Å². The molecule has 0 saturated heterocycles. The smallest absolute Gasteiger partial charge is 0.359 e. The molecule has 0 aliphatic carbocycles. The quantitative estimate of drug-likeness (QED) is 0.849. The van der Waals surface area contributed by atoms with Crippen molar-refractivity contribution < 1.29 is 17.9 Å². The van der Waals surface area contributed by atoms with Gasteiger partial charge in [-0.25, -0.2) is 13.2 Å². The number of aromatic nitrogens is 2. The lowest BCUT2D eigenvalue weighted by Gasteiger charge is -2.25. The Morgan fingerprint density at radius 1 is 1.55 bits per heavy atom. The van der Waals surface area contributed by atoms with E-state index in [1.807, 2.05) is 0 Å². The van der Waals surface area contributed by atoms with Gasteiger partial charge in [-0.1, -0.05) is 6.07 Å². The summed E-state index contributed by atoms with van der Waals surface area (Å²) < 4.78 is 31.8. The van der Waals surface area contributed by atoms with E-state index in [0.717, 1.165) is 5.69 Å². The predicted molar refractivity (Wildman–Crippen MR) is 80.2 cm³/mol. The molecule has 0 fully saturated rings. The van der Waals surface area contributed by atoms with E-state index in [1.54, 1.807) is 24.4 Å². The first-order valence-corrected chi connectivity index (χ1v) is 9.13. The Labute approximate surface area is 132 Å². The van der Waals surface area contributed by atoms with Crippen LogP contribution in [0.4, 0.5) is 0 Å². The van der Waals surface area contributed by atoms with Gasteiger partial charge in [0.1, 0.15) is 4.21 Å². The highest BCUT2D eigenvalue weighted by Gasteiger charge is 2.33. The number of hydrogen-bond acceptors (Lipinski definition) is 6. The topological polar surface area (TPSA) is 92.4 Å². The number of fused-ring (bicyclic) bond motifs is 1. The first kappa shape index (κ1) is 15.2. The van der Waals surface area contributed by atoms with Crippen LogP contribution in [-0.4, -0.2) is 42.0 Å². The lowest BCUT2D eigenvalue weighted by Crippen LogP contribution is -2.36. The molecule has 1 aliphatic rings. The molecule has 2 aromatic heterocycles.